The lowest BCUT2D eigenvalue weighted by Crippen LogP contribution is -2.58. The first-order valence-electron chi connectivity index (χ1n) is 13.2. The number of carbonyl (C=O) groups excluding carboxylic acids is 5. The SMILES string of the molecule is CC(C)C[C@H](NC(=O)OC(C)(C)C)C(=O)N1C[C@H]2[C@@H]([C@H]1C(=O)N[C@@H](C[C@@H]1CCNC1=O)C(N)=O)C2(C)C. The molecule has 0 aromatic heterocycles. The van der Waals surface area contributed by atoms with Crippen LogP contribution >= 0.6 is 0 Å². The predicted octanol–water partition coefficient (Wildman–Crippen LogP) is 0.905. The van der Waals surface area contributed by atoms with E-state index in [0.29, 0.717) is 25.9 Å². The van der Waals surface area contributed by atoms with Crippen molar-refractivity contribution in [3.05, 3.63) is 0 Å². The molecule has 5 amide bonds. The van der Waals surface area contributed by atoms with Crippen molar-refractivity contribution in [3.63, 3.8) is 0 Å². The van der Waals surface area contributed by atoms with E-state index in [1.165, 1.54) is 4.90 Å². The number of fused-ring (bicyclic) bond motifs is 1. The Balaban J connectivity index is 1.78. The molecule has 11 heteroatoms. The van der Waals surface area contributed by atoms with Gasteiger partial charge in [-0.15, -0.1) is 0 Å². The van der Waals surface area contributed by atoms with Crippen LogP contribution in [0.1, 0.15) is 67.7 Å². The molecule has 0 unspecified atom stereocenters. The third-order valence-corrected chi connectivity index (χ3v) is 7.80. The van der Waals surface area contributed by atoms with Crippen LogP contribution in [-0.2, 0) is 23.9 Å². The number of carbonyl (C=O) groups is 5. The summed E-state index contributed by atoms with van der Waals surface area (Å²) in [5.41, 5.74) is 4.72. The number of amides is 5. The van der Waals surface area contributed by atoms with Gasteiger partial charge in [0.25, 0.3) is 0 Å². The lowest BCUT2D eigenvalue weighted by Gasteiger charge is -2.34. The maximum absolute atomic E-state index is 13.7. The first-order valence-corrected chi connectivity index (χ1v) is 13.2. The first kappa shape index (κ1) is 28.7. The van der Waals surface area contributed by atoms with Crippen LogP contribution in [-0.4, -0.2) is 71.4 Å². The topological polar surface area (TPSA) is 160 Å². The number of piperidine rings is 1. The molecule has 1 saturated carbocycles. The van der Waals surface area contributed by atoms with Crippen molar-refractivity contribution < 1.29 is 28.7 Å². The molecule has 3 aliphatic rings. The zero-order valence-electron chi connectivity index (χ0n) is 23.1. The Morgan fingerprint density at radius 1 is 1.16 bits per heavy atom. The summed E-state index contributed by atoms with van der Waals surface area (Å²) in [5.74, 6) is -1.96. The quantitative estimate of drug-likeness (QED) is 0.353. The molecule has 2 heterocycles. The third-order valence-electron chi connectivity index (χ3n) is 7.80. The van der Waals surface area contributed by atoms with Gasteiger partial charge in [-0.25, -0.2) is 4.79 Å². The van der Waals surface area contributed by atoms with Crippen LogP contribution in [0.15, 0.2) is 0 Å². The smallest absolute Gasteiger partial charge is 0.408 e. The predicted molar refractivity (Wildman–Crippen MR) is 136 cm³/mol. The van der Waals surface area contributed by atoms with Gasteiger partial charge < -0.3 is 31.3 Å². The van der Waals surface area contributed by atoms with E-state index >= 15 is 0 Å². The van der Waals surface area contributed by atoms with Crippen LogP contribution in [0.3, 0.4) is 0 Å². The van der Waals surface area contributed by atoms with Gasteiger partial charge in [0.05, 0.1) is 0 Å². The summed E-state index contributed by atoms with van der Waals surface area (Å²) in [6.07, 6.45) is 0.363. The summed E-state index contributed by atoms with van der Waals surface area (Å²) in [5, 5.41) is 8.16. The first-order chi connectivity index (χ1) is 17.0. The van der Waals surface area contributed by atoms with Crippen molar-refractivity contribution in [1.29, 1.82) is 0 Å². The molecule has 3 rings (SSSR count). The number of hydrogen-bond donors (Lipinski definition) is 4. The van der Waals surface area contributed by atoms with Gasteiger partial charge in [0, 0.05) is 19.0 Å². The molecule has 3 fully saturated rings. The standard InChI is InChI=1S/C26H43N5O6/c1-13(2)10-17(30-24(36)37-25(3,4)5)23(35)31-12-15-18(26(15,6)7)19(31)22(34)29-16(20(27)32)11-14-8-9-28-21(14)33/h13-19H,8-12H2,1-7H3,(H2,27,32)(H,28,33)(H,29,34)(H,30,36)/t14-,15-,16-,17-,18-,19-/m0/s1. The summed E-state index contributed by atoms with van der Waals surface area (Å²) in [4.78, 5) is 65.6. The maximum Gasteiger partial charge on any atom is 0.408 e. The minimum Gasteiger partial charge on any atom is -0.444 e. The molecule has 11 nitrogen and oxygen atoms in total. The molecule has 208 valence electrons. The van der Waals surface area contributed by atoms with Gasteiger partial charge >= 0.3 is 6.09 Å². The number of rotatable bonds is 9. The zero-order chi connectivity index (χ0) is 27.9. The van der Waals surface area contributed by atoms with Crippen molar-refractivity contribution in [2.75, 3.05) is 13.1 Å². The van der Waals surface area contributed by atoms with Crippen LogP contribution in [0.5, 0.6) is 0 Å². The van der Waals surface area contributed by atoms with E-state index in [0.717, 1.165) is 0 Å². The molecule has 2 aliphatic heterocycles. The second kappa shape index (κ2) is 10.5. The number of nitrogens with one attached hydrogen (secondary N) is 3. The monoisotopic (exact) mass is 521 g/mol. The third kappa shape index (κ3) is 6.54. The summed E-state index contributed by atoms with van der Waals surface area (Å²) in [6, 6.07) is -2.69. The Hall–Kier alpha value is -2.85. The number of nitrogens with two attached hydrogens (primary N) is 1. The number of hydrogen-bond acceptors (Lipinski definition) is 6. The van der Waals surface area contributed by atoms with Gasteiger partial charge in [0.2, 0.25) is 23.6 Å². The van der Waals surface area contributed by atoms with Crippen molar-refractivity contribution in [2.24, 2.45) is 34.8 Å². The fourth-order valence-corrected chi connectivity index (χ4v) is 5.81. The molecule has 6 atom stereocenters. The van der Waals surface area contributed by atoms with Crippen molar-refractivity contribution >= 4 is 29.7 Å². The fraction of sp³-hybridized carbons (Fsp3) is 0.808. The lowest BCUT2D eigenvalue weighted by atomic mass is 9.96. The maximum atomic E-state index is 13.7. The van der Waals surface area contributed by atoms with Crippen LogP contribution in [0, 0.1) is 29.1 Å². The molecule has 0 bridgehead atoms. The van der Waals surface area contributed by atoms with Crippen molar-refractivity contribution in [3.8, 4) is 0 Å². The summed E-state index contributed by atoms with van der Waals surface area (Å²) < 4.78 is 5.37. The Morgan fingerprint density at radius 2 is 1.81 bits per heavy atom. The van der Waals surface area contributed by atoms with Crippen LogP contribution in [0.25, 0.3) is 0 Å². The van der Waals surface area contributed by atoms with Crippen molar-refractivity contribution in [2.45, 2.75) is 91.5 Å². The number of ether oxygens (including phenoxy) is 1. The summed E-state index contributed by atoms with van der Waals surface area (Å²) >= 11 is 0. The largest absolute Gasteiger partial charge is 0.444 e. The van der Waals surface area contributed by atoms with E-state index < -0.39 is 47.6 Å². The van der Waals surface area contributed by atoms with Crippen LogP contribution in [0.2, 0.25) is 0 Å². The molecule has 1 aliphatic carbocycles. The van der Waals surface area contributed by atoms with E-state index in [2.05, 4.69) is 29.8 Å². The average molecular weight is 522 g/mol. The highest BCUT2D eigenvalue weighted by molar-refractivity contribution is 5.95. The van der Waals surface area contributed by atoms with Gasteiger partial charge in [-0.2, -0.15) is 0 Å². The summed E-state index contributed by atoms with van der Waals surface area (Å²) in [7, 11) is 0. The van der Waals surface area contributed by atoms with Gasteiger partial charge in [-0.3, -0.25) is 19.2 Å². The van der Waals surface area contributed by atoms with Gasteiger partial charge in [-0.1, -0.05) is 27.7 Å². The minimum absolute atomic E-state index is 0.0824. The molecule has 2 saturated heterocycles. The Bertz CT molecular complexity index is 942. The van der Waals surface area contributed by atoms with Crippen molar-refractivity contribution in [1.82, 2.24) is 20.9 Å². The highest BCUT2D eigenvalue weighted by atomic mass is 16.6. The van der Waals surface area contributed by atoms with Crippen LogP contribution in [0.4, 0.5) is 4.79 Å². The molecule has 37 heavy (non-hydrogen) atoms. The zero-order valence-corrected chi connectivity index (χ0v) is 23.1. The molecular formula is C26H43N5O6. The number of alkyl carbamates (subject to hydrolysis) is 1. The molecule has 0 aromatic carbocycles. The second-order valence-corrected chi connectivity index (χ2v) is 12.7. The van der Waals surface area contributed by atoms with Gasteiger partial charge in [0.15, 0.2) is 0 Å². The van der Waals surface area contributed by atoms with E-state index in [-0.39, 0.29) is 41.4 Å². The van der Waals surface area contributed by atoms with Crippen LogP contribution < -0.4 is 21.7 Å². The van der Waals surface area contributed by atoms with Gasteiger partial charge in [-0.05, 0) is 63.2 Å². The van der Waals surface area contributed by atoms with Gasteiger partial charge in [0.1, 0.15) is 23.7 Å². The molecule has 0 aromatic rings. The van der Waals surface area contributed by atoms with E-state index in [9.17, 15) is 24.0 Å². The normalized spacial score (nSPS) is 27.7. The molecule has 5 N–H and O–H groups in total. The molecule has 0 spiro atoms. The summed E-state index contributed by atoms with van der Waals surface area (Å²) in [6.45, 7) is 14.1. The molecular weight excluding hydrogens is 478 g/mol. The number of likely N-dealkylation sites (tertiary alicyclic amines) is 1. The Labute approximate surface area is 219 Å². The second-order valence-electron chi connectivity index (χ2n) is 12.7. The molecule has 0 radical (unpaired) electrons. The Morgan fingerprint density at radius 3 is 2.32 bits per heavy atom. The highest BCUT2D eigenvalue weighted by Gasteiger charge is 2.69. The Kier molecular flexibility index (Phi) is 8.14. The fourth-order valence-electron chi connectivity index (χ4n) is 5.81. The van der Waals surface area contributed by atoms with E-state index in [4.69, 9.17) is 10.5 Å². The number of primary amides is 1. The van der Waals surface area contributed by atoms with E-state index in [1.807, 2.05) is 13.8 Å². The number of nitrogens with zero attached hydrogens (tertiary/aromatic N) is 1. The minimum atomic E-state index is -1.02. The average Bonchev–Trinajstić information content (AvgIpc) is 3.10. The highest BCUT2D eigenvalue weighted by Crippen LogP contribution is 2.65. The van der Waals surface area contributed by atoms with E-state index in [1.54, 1.807) is 20.8 Å². The lowest BCUT2D eigenvalue weighted by molar-refractivity contribution is -0.143.